The second-order valence-corrected chi connectivity index (χ2v) is 5.80. The van der Waals surface area contributed by atoms with Gasteiger partial charge in [0.05, 0.1) is 31.6 Å². The van der Waals surface area contributed by atoms with Crippen molar-refractivity contribution in [3.8, 4) is 0 Å². The predicted octanol–water partition coefficient (Wildman–Crippen LogP) is 1.25. The fourth-order valence-electron chi connectivity index (χ4n) is 2.37. The number of rotatable bonds is 9. The number of nitrogens with zero attached hydrogens (tertiary/aromatic N) is 2. The predicted molar refractivity (Wildman–Crippen MR) is 112 cm³/mol. The highest BCUT2D eigenvalue weighted by Gasteiger charge is 2.15. The number of guanidine groups is 1. The van der Waals surface area contributed by atoms with E-state index in [9.17, 15) is 4.79 Å². The van der Waals surface area contributed by atoms with Gasteiger partial charge in [0.15, 0.2) is 5.96 Å². The third-order valence-corrected chi connectivity index (χ3v) is 3.72. The maximum absolute atomic E-state index is 11.9. The highest BCUT2D eigenvalue weighted by molar-refractivity contribution is 14.0. The number of ether oxygens (including phenoxy) is 2. The lowest BCUT2D eigenvalue weighted by atomic mass is 10.1. The van der Waals surface area contributed by atoms with Crippen LogP contribution in [-0.2, 0) is 14.3 Å². The summed E-state index contributed by atoms with van der Waals surface area (Å²) in [4.78, 5) is 19.9. The Morgan fingerprint density at radius 2 is 2.35 bits per heavy atom. The van der Waals surface area contributed by atoms with Gasteiger partial charge < -0.3 is 25.4 Å². The molecule has 0 bridgehead atoms. The lowest BCUT2D eigenvalue weighted by Gasteiger charge is -2.12. The molecular formula is C17H28IN5O3. The third-order valence-electron chi connectivity index (χ3n) is 3.72. The number of pyridine rings is 1. The quantitative estimate of drug-likeness (QED) is 0.215. The van der Waals surface area contributed by atoms with Gasteiger partial charge >= 0.3 is 0 Å². The molecule has 1 aliphatic heterocycles. The van der Waals surface area contributed by atoms with Gasteiger partial charge in [-0.3, -0.25) is 14.8 Å². The second kappa shape index (κ2) is 13.7. The van der Waals surface area contributed by atoms with Gasteiger partial charge in [0, 0.05) is 38.9 Å². The van der Waals surface area contributed by atoms with E-state index >= 15 is 0 Å². The molecule has 0 saturated carbocycles. The molecule has 146 valence electrons. The smallest absolute Gasteiger partial charge is 0.243 e. The number of halogens is 1. The van der Waals surface area contributed by atoms with E-state index in [1.165, 1.54) is 0 Å². The van der Waals surface area contributed by atoms with Gasteiger partial charge in [0.2, 0.25) is 5.91 Å². The monoisotopic (exact) mass is 477 g/mol. The van der Waals surface area contributed by atoms with Gasteiger partial charge in [-0.2, -0.15) is 0 Å². The molecule has 1 aromatic heterocycles. The van der Waals surface area contributed by atoms with Gasteiger partial charge in [-0.25, -0.2) is 0 Å². The minimum absolute atomic E-state index is 0. The number of aliphatic imine (C=N–C) groups is 1. The SMILES string of the molecule is CN=C(NCCCOCC1CCOC1)NCC(=O)Nc1cccnc1.I. The Bertz CT molecular complexity index is 538. The molecule has 1 fully saturated rings. The van der Waals surface area contributed by atoms with Crippen molar-refractivity contribution in [1.29, 1.82) is 0 Å². The van der Waals surface area contributed by atoms with Crippen LogP contribution in [0.2, 0.25) is 0 Å². The summed E-state index contributed by atoms with van der Waals surface area (Å²) < 4.78 is 11.0. The Labute approximate surface area is 171 Å². The standard InChI is InChI=1S/C17H27N5O3.HI/c1-18-17(20-7-3-8-24-12-14-5-9-25-13-14)21-11-16(23)22-15-4-2-6-19-10-15;/h2,4,6,10,14H,3,5,7-9,11-13H2,1H3,(H,22,23)(H2,18,20,21);1H. The number of hydrogen-bond donors (Lipinski definition) is 3. The molecular weight excluding hydrogens is 449 g/mol. The molecule has 9 heteroatoms. The van der Waals surface area contributed by atoms with E-state index in [0.29, 0.717) is 24.2 Å². The van der Waals surface area contributed by atoms with E-state index in [1.807, 2.05) is 0 Å². The van der Waals surface area contributed by atoms with Crippen molar-refractivity contribution in [2.45, 2.75) is 12.8 Å². The van der Waals surface area contributed by atoms with E-state index in [0.717, 1.165) is 39.2 Å². The van der Waals surface area contributed by atoms with Crippen LogP contribution >= 0.6 is 24.0 Å². The number of carbonyl (C=O) groups excluding carboxylic acids is 1. The Kier molecular flexibility index (Phi) is 11.9. The van der Waals surface area contributed by atoms with Crippen LogP contribution in [0, 0.1) is 5.92 Å². The number of amides is 1. The zero-order valence-corrected chi connectivity index (χ0v) is 17.4. The first-order valence-corrected chi connectivity index (χ1v) is 8.58. The molecule has 26 heavy (non-hydrogen) atoms. The molecule has 2 rings (SSSR count). The van der Waals surface area contributed by atoms with E-state index in [1.54, 1.807) is 31.6 Å². The van der Waals surface area contributed by atoms with Gasteiger partial charge in [0.1, 0.15) is 0 Å². The molecule has 3 N–H and O–H groups in total. The lowest BCUT2D eigenvalue weighted by molar-refractivity contribution is -0.115. The maximum atomic E-state index is 11.9. The molecule has 0 spiro atoms. The van der Waals surface area contributed by atoms with Crippen LogP contribution in [0.1, 0.15) is 12.8 Å². The Balaban J connectivity index is 0.00000338. The number of aromatic nitrogens is 1. The Hall–Kier alpha value is -1.46. The van der Waals surface area contributed by atoms with E-state index in [-0.39, 0.29) is 36.4 Å². The number of anilines is 1. The van der Waals surface area contributed by atoms with Crippen LogP contribution in [0.15, 0.2) is 29.5 Å². The number of nitrogens with one attached hydrogen (secondary N) is 3. The fraction of sp³-hybridized carbons (Fsp3) is 0.588. The molecule has 2 heterocycles. The number of carbonyl (C=O) groups is 1. The summed E-state index contributed by atoms with van der Waals surface area (Å²) in [6, 6.07) is 3.56. The summed E-state index contributed by atoms with van der Waals surface area (Å²) in [5.41, 5.74) is 0.669. The Morgan fingerprint density at radius 3 is 3.04 bits per heavy atom. The molecule has 1 aromatic rings. The molecule has 1 aliphatic rings. The summed E-state index contributed by atoms with van der Waals surface area (Å²) >= 11 is 0. The van der Waals surface area contributed by atoms with Gasteiger partial charge in [0.25, 0.3) is 0 Å². The average molecular weight is 477 g/mol. The normalized spacial score (nSPS) is 16.7. The largest absolute Gasteiger partial charge is 0.381 e. The van der Waals surface area contributed by atoms with E-state index in [2.05, 4.69) is 25.9 Å². The molecule has 1 amide bonds. The van der Waals surface area contributed by atoms with Crippen LogP contribution in [-0.4, -0.2) is 63.4 Å². The van der Waals surface area contributed by atoms with Crippen molar-refractivity contribution in [2.24, 2.45) is 10.9 Å². The van der Waals surface area contributed by atoms with Crippen molar-refractivity contribution >= 4 is 41.5 Å². The molecule has 1 saturated heterocycles. The zero-order valence-electron chi connectivity index (χ0n) is 15.1. The first-order chi connectivity index (χ1) is 12.3. The van der Waals surface area contributed by atoms with Crippen molar-refractivity contribution in [3.05, 3.63) is 24.5 Å². The van der Waals surface area contributed by atoms with Gasteiger partial charge in [-0.05, 0) is 25.0 Å². The van der Waals surface area contributed by atoms with Crippen LogP contribution in [0.4, 0.5) is 5.69 Å². The molecule has 1 atom stereocenters. The van der Waals surface area contributed by atoms with Crippen LogP contribution in [0.25, 0.3) is 0 Å². The first-order valence-electron chi connectivity index (χ1n) is 8.58. The topological polar surface area (TPSA) is 96.9 Å². The third kappa shape index (κ3) is 9.30. The highest BCUT2D eigenvalue weighted by atomic mass is 127. The van der Waals surface area contributed by atoms with Crippen LogP contribution < -0.4 is 16.0 Å². The molecule has 0 radical (unpaired) electrons. The van der Waals surface area contributed by atoms with Crippen molar-refractivity contribution in [3.63, 3.8) is 0 Å². The summed E-state index contributed by atoms with van der Waals surface area (Å²) in [6.07, 6.45) is 5.22. The van der Waals surface area contributed by atoms with Crippen LogP contribution in [0.5, 0.6) is 0 Å². The van der Waals surface area contributed by atoms with Crippen molar-refractivity contribution in [2.75, 3.05) is 51.9 Å². The van der Waals surface area contributed by atoms with Crippen molar-refractivity contribution < 1.29 is 14.3 Å². The number of hydrogen-bond acceptors (Lipinski definition) is 5. The highest BCUT2D eigenvalue weighted by Crippen LogP contribution is 2.12. The Morgan fingerprint density at radius 1 is 1.46 bits per heavy atom. The van der Waals surface area contributed by atoms with E-state index in [4.69, 9.17) is 9.47 Å². The summed E-state index contributed by atoms with van der Waals surface area (Å²) in [6.45, 7) is 3.99. The minimum atomic E-state index is -0.155. The maximum Gasteiger partial charge on any atom is 0.243 e. The van der Waals surface area contributed by atoms with Crippen molar-refractivity contribution in [1.82, 2.24) is 15.6 Å². The van der Waals surface area contributed by atoms with Gasteiger partial charge in [-0.1, -0.05) is 0 Å². The summed E-state index contributed by atoms with van der Waals surface area (Å²) in [5, 5.41) is 8.89. The summed E-state index contributed by atoms with van der Waals surface area (Å²) in [7, 11) is 1.67. The molecule has 1 unspecified atom stereocenters. The molecule has 0 aliphatic carbocycles. The fourth-order valence-corrected chi connectivity index (χ4v) is 2.37. The van der Waals surface area contributed by atoms with Gasteiger partial charge in [-0.15, -0.1) is 24.0 Å². The molecule has 0 aromatic carbocycles. The first kappa shape index (κ1) is 22.6. The molecule has 8 nitrogen and oxygen atoms in total. The average Bonchev–Trinajstić information content (AvgIpc) is 3.15. The lowest BCUT2D eigenvalue weighted by Crippen LogP contribution is -2.41. The van der Waals surface area contributed by atoms with E-state index < -0.39 is 0 Å². The second-order valence-electron chi connectivity index (χ2n) is 5.80. The zero-order chi connectivity index (χ0) is 17.7. The van der Waals surface area contributed by atoms with Crippen LogP contribution in [0.3, 0.4) is 0 Å². The summed E-state index contributed by atoms with van der Waals surface area (Å²) in [5.74, 6) is 0.976. The minimum Gasteiger partial charge on any atom is -0.381 e.